The van der Waals surface area contributed by atoms with Crippen LogP contribution in [-0.2, 0) is 0 Å². The fraction of sp³-hybridized carbons (Fsp3) is 0. The first-order valence-corrected chi connectivity index (χ1v) is 20.3. The van der Waals surface area contributed by atoms with E-state index < -0.39 is 0 Å². The normalized spacial score (nSPS) is 11.6. The smallest absolute Gasteiger partial charge is 0.0540 e. The number of nitrogens with zero attached hydrogens (tertiary/aromatic N) is 1. The summed E-state index contributed by atoms with van der Waals surface area (Å²) in [5, 5.41) is 7.75. The molecule has 0 unspecified atom stereocenters. The van der Waals surface area contributed by atoms with E-state index in [-0.39, 0.29) is 0 Å². The van der Waals surface area contributed by atoms with Gasteiger partial charge >= 0.3 is 0 Å². The molecule has 55 heavy (non-hydrogen) atoms. The van der Waals surface area contributed by atoms with Crippen molar-refractivity contribution < 1.29 is 0 Å². The van der Waals surface area contributed by atoms with E-state index in [1.165, 1.54) is 84.5 Å². The van der Waals surface area contributed by atoms with Crippen molar-refractivity contribution in [2.45, 2.75) is 0 Å². The first-order chi connectivity index (χ1) is 27.2. The van der Waals surface area contributed by atoms with Crippen molar-refractivity contribution in [1.29, 1.82) is 0 Å². The van der Waals surface area contributed by atoms with E-state index in [2.05, 4.69) is 205 Å². The molecule has 2 heterocycles. The Bertz CT molecular complexity index is 3240. The third-order valence-corrected chi connectivity index (χ3v) is 13.1. The maximum Gasteiger partial charge on any atom is 0.0540 e. The van der Waals surface area contributed by atoms with Gasteiger partial charge in [0.2, 0.25) is 0 Å². The molecule has 0 amide bonds. The van der Waals surface area contributed by atoms with Crippen LogP contribution in [0.1, 0.15) is 0 Å². The lowest BCUT2D eigenvalue weighted by Gasteiger charge is -2.29. The lowest BCUT2D eigenvalue weighted by atomic mass is 9.96. The summed E-state index contributed by atoms with van der Waals surface area (Å²) < 4.78 is 5.25. The van der Waals surface area contributed by atoms with Crippen LogP contribution in [0.4, 0.5) is 17.1 Å². The average Bonchev–Trinajstić information content (AvgIpc) is 3.82. The van der Waals surface area contributed by atoms with Crippen LogP contribution in [0.15, 0.2) is 200 Å². The summed E-state index contributed by atoms with van der Waals surface area (Å²) in [6.07, 6.45) is 0. The van der Waals surface area contributed by atoms with E-state index in [4.69, 9.17) is 0 Å². The van der Waals surface area contributed by atoms with Crippen molar-refractivity contribution in [1.82, 2.24) is 0 Å². The molecule has 9 aromatic carbocycles. The first kappa shape index (κ1) is 32.0. The van der Waals surface area contributed by atoms with Crippen molar-refractivity contribution >= 4 is 90.9 Å². The Morgan fingerprint density at radius 1 is 0.309 bits per heavy atom. The molecule has 0 atom stereocenters. The van der Waals surface area contributed by atoms with Gasteiger partial charge in [-0.2, -0.15) is 0 Å². The number of thiophene rings is 2. The van der Waals surface area contributed by atoms with Crippen LogP contribution >= 0.6 is 22.7 Å². The largest absolute Gasteiger partial charge is 0.310 e. The summed E-state index contributed by atoms with van der Waals surface area (Å²) >= 11 is 3.73. The summed E-state index contributed by atoms with van der Waals surface area (Å²) in [5.41, 5.74) is 10.6. The topological polar surface area (TPSA) is 3.24 Å². The predicted octanol–water partition coefficient (Wildman–Crippen LogP) is 16.0. The highest BCUT2D eigenvalue weighted by Gasteiger charge is 2.21. The number of para-hydroxylation sites is 1. The third kappa shape index (κ3) is 5.51. The summed E-state index contributed by atoms with van der Waals surface area (Å²) in [4.78, 5) is 2.45. The van der Waals surface area contributed by atoms with E-state index in [0.717, 1.165) is 17.1 Å². The van der Waals surface area contributed by atoms with Gasteiger partial charge < -0.3 is 4.90 Å². The Morgan fingerprint density at radius 3 is 1.67 bits per heavy atom. The molecular weight excluding hydrogens is 703 g/mol. The second kappa shape index (κ2) is 13.1. The number of hydrogen-bond donors (Lipinski definition) is 0. The highest BCUT2D eigenvalue weighted by Crippen LogP contribution is 2.47. The van der Waals surface area contributed by atoms with Gasteiger partial charge in [0.25, 0.3) is 0 Å². The van der Waals surface area contributed by atoms with Gasteiger partial charge in [-0.3, -0.25) is 0 Å². The van der Waals surface area contributed by atoms with Gasteiger partial charge in [-0.05, 0) is 99.3 Å². The lowest BCUT2D eigenvalue weighted by Crippen LogP contribution is -2.11. The Kier molecular flexibility index (Phi) is 7.61. The number of benzene rings is 9. The summed E-state index contributed by atoms with van der Waals surface area (Å²) in [7, 11) is 0. The molecule has 0 saturated carbocycles. The highest BCUT2D eigenvalue weighted by atomic mass is 32.1. The highest BCUT2D eigenvalue weighted by molar-refractivity contribution is 7.26. The quantitative estimate of drug-likeness (QED) is 0.164. The monoisotopic (exact) mass is 735 g/mol. The third-order valence-electron chi connectivity index (χ3n) is 10.8. The van der Waals surface area contributed by atoms with E-state index in [0.29, 0.717) is 0 Å². The van der Waals surface area contributed by atoms with Crippen LogP contribution in [-0.4, -0.2) is 0 Å². The van der Waals surface area contributed by atoms with Gasteiger partial charge in [-0.1, -0.05) is 140 Å². The maximum atomic E-state index is 2.45. The van der Waals surface area contributed by atoms with Crippen molar-refractivity contribution in [3.63, 3.8) is 0 Å². The lowest BCUT2D eigenvalue weighted by molar-refractivity contribution is 1.28. The van der Waals surface area contributed by atoms with Crippen molar-refractivity contribution in [3.05, 3.63) is 200 Å². The molecule has 11 rings (SSSR count). The minimum Gasteiger partial charge on any atom is -0.310 e. The molecule has 0 radical (unpaired) electrons. The van der Waals surface area contributed by atoms with E-state index >= 15 is 0 Å². The van der Waals surface area contributed by atoms with Gasteiger partial charge in [0.05, 0.1) is 5.69 Å². The van der Waals surface area contributed by atoms with Crippen LogP contribution < -0.4 is 4.90 Å². The Hall–Kier alpha value is -6.52. The summed E-state index contributed by atoms with van der Waals surface area (Å²) in [6.45, 7) is 0. The second-order valence-electron chi connectivity index (χ2n) is 14.1. The Morgan fingerprint density at radius 2 is 0.855 bits per heavy atom. The standard InChI is InChI=1S/C52H33NS2/c1-2-13-35-30-38(27-26-34(35)12-1)36-14-9-16-40(31-36)53(41-17-10-15-37(32-41)39-28-29-44-43-19-4-7-23-48(43)55-51(44)33-39)47-22-6-3-18-42(47)45-21-11-25-50-52(45)46-20-5-8-24-49(46)54-50/h1-33H. The first-order valence-electron chi connectivity index (χ1n) is 18.7. The fourth-order valence-electron chi connectivity index (χ4n) is 8.25. The van der Waals surface area contributed by atoms with Gasteiger partial charge in [-0.15, -0.1) is 22.7 Å². The van der Waals surface area contributed by atoms with Gasteiger partial charge in [0.1, 0.15) is 0 Å². The van der Waals surface area contributed by atoms with Crippen LogP contribution in [0.25, 0.3) is 84.5 Å². The van der Waals surface area contributed by atoms with E-state index in [9.17, 15) is 0 Å². The SMILES string of the molecule is c1cc(-c2ccc3ccccc3c2)cc(N(c2cccc(-c3ccc4c(c3)sc3ccccc34)c2)c2ccccc2-c2cccc3sc4ccccc4c23)c1. The second-order valence-corrected chi connectivity index (χ2v) is 16.3. The zero-order chi connectivity index (χ0) is 36.3. The summed E-state index contributed by atoms with van der Waals surface area (Å²) in [6, 6.07) is 73.6. The minimum absolute atomic E-state index is 1.11. The van der Waals surface area contributed by atoms with E-state index in [1.807, 2.05) is 22.7 Å². The molecule has 0 aliphatic carbocycles. The molecule has 0 aliphatic rings. The zero-order valence-corrected chi connectivity index (χ0v) is 31.4. The molecule has 11 aromatic rings. The molecule has 1 nitrogen and oxygen atoms in total. The van der Waals surface area contributed by atoms with Gasteiger partial charge in [0.15, 0.2) is 0 Å². The maximum absolute atomic E-state index is 2.45. The van der Waals surface area contributed by atoms with Crippen molar-refractivity contribution in [2.75, 3.05) is 4.90 Å². The molecule has 258 valence electrons. The number of hydrogen-bond acceptors (Lipinski definition) is 3. The van der Waals surface area contributed by atoms with Crippen LogP contribution in [0, 0.1) is 0 Å². The van der Waals surface area contributed by atoms with Crippen LogP contribution in [0.3, 0.4) is 0 Å². The minimum atomic E-state index is 1.11. The molecule has 0 fully saturated rings. The fourth-order valence-corrected chi connectivity index (χ4v) is 10.5. The molecule has 0 bridgehead atoms. The van der Waals surface area contributed by atoms with Crippen molar-refractivity contribution in [3.8, 4) is 33.4 Å². The summed E-state index contributed by atoms with van der Waals surface area (Å²) in [5.74, 6) is 0. The van der Waals surface area contributed by atoms with Crippen LogP contribution in [0.5, 0.6) is 0 Å². The molecule has 3 heteroatoms. The zero-order valence-electron chi connectivity index (χ0n) is 29.8. The van der Waals surface area contributed by atoms with E-state index in [1.54, 1.807) is 0 Å². The molecule has 0 spiro atoms. The molecule has 0 aliphatic heterocycles. The number of rotatable bonds is 6. The van der Waals surface area contributed by atoms with Gasteiger partial charge in [-0.25, -0.2) is 0 Å². The number of fused-ring (bicyclic) bond motifs is 7. The molecular formula is C52H33NS2. The Balaban J connectivity index is 1.11. The van der Waals surface area contributed by atoms with Crippen molar-refractivity contribution in [2.24, 2.45) is 0 Å². The van der Waals surface area contributed by atoms with Crippen LogP contribution in [0.2, 0.25) is 0 Å². The molecule has 0 N–H and O–H groups in total. The number of anilines is 3. The predicted molar refractivity (Wildman–Crippen MR) is 241 cm³/mol. The van der Waals surface area contributed by atoms with Gasteiger partial charge in [0, 0.05) is 57.3 Å². The Labute approximate surface area is 327 Å². The average molecular weight is 736 g/mol. The molecule has 0 saturated heterocycles. The molecule has 2 aromatic heterocycles.